The number of carboxylic acid groups (broad SMARTS) is 1. The highest BCUT2D eigenvalue weighted by Crippen LogP contribution is 2.12. The molecule has 1 amide bonds. The van der Waals surface area contributed by atoms with Crippen LogP contribution in [0.2, 0.25) is 0 Å². The molecule has 1 unspecified atom stereocenters. The first-order valence-electron chi connectivity index (χ1n) is 5.62. The van der Waals surface area contributed by atoms with Crippen LogP contribution >= 0.6 is 11.8 Å². The van der Waals surface area contributed by atoms with Crippen LogP contribution in [-0.4, -0.2) is 28.8 Å². The fourth-order valence-corrected chi connectivity index (χ4v) is 2.08. The zero-order valence-electron chi connectivity index (χ0n) is 10.4. The Hall–Kier alpha value is -2.00. The number of carboxylic acids is 1. The second kappa shape index (κ2) is 7.44. The molecule has 0 bridgehead atoms. The lowest BCUT2D eigenvalue weighted by Gasteiger charge is -2.08. The summed E-state index contributed by atoms with van der Waals surface area (Å²) in [6.07, 6.45) is 0. The van der Waals surface area contributed by atoms with Crippen LogP contribution in [0, 0.1) is 11.3 Å². The quantitative estimate of drug-likeness (QED) is 0.820. The average Bonchev–Trinajstić information content (AvgIpc) is 2.39. The van der Waals surface area contributed by atoms with E-state index in [0.29, 0.717) is 11.3 Å². The number of amides is 1. The predicted octanol–water partition coefficient (Wildman–Crippen LogP) is 1.38. The molecular weight excluding hydrogens is 264 g/mol. The summed E-state index contributed by atoms with van der Waals surface area (Å²) >= 11 is 1.39. The van der Waals surface area contributed by atoms with Crippen molar-refractivity contribution in [1.29, 1.82) is 5.26 Å². The lowest BCUT2D eigenvalue weighted by atomic mass is 10.2. The fraction of sp³-hybridized carbons (Fsp3) is 0.308. The summed E-state index contributed by atoms with van der Waals surface area (Å²) in [6.45, 7) is 1.42. The Morgan fingerprint density at radius 1 is 1.42 bits per heavy atom. The van der Waals surface area contributed by atoms with Crippen molar-refractivity contribution in [1.82, 2.24) is 5.32 Å². The third-order valence-corrected chi connectivity index (χ3v) is 3.34. The van der Waals surface area contributed by atoms with Gasteiger partial charge in [-0.2, -0.15) is 5.26 Å². The Balaban J connectivity index is 2.31. The summed E-state index contributed by atoms with van der Waals surface area (Å²) in [6, 6.07) is 8.28. The van der Waals surface area contributed by atoms with Gasteiger partial charge in [0.1, 0.15) is 6.04 Å². The van der Waals surface area contributed by atoms with E-state index in [1.54, 1.807) is 12.1 Å². The standard InChI is InChI=1S/C13H14N2O3S/c1-9(13(17)18)15-12(16)8-19-7-11-4-2-10(6-14)3-5-11/h2-5,9H,7-8H2,1H3,(H,15,16)(H,17,18). The van der Waals surface area contributed by atoms with E-state index in [4.69, 9.17) is 10.4 Å². The van der Waals surface area contributed by atoms with Gasteiger partial charge in [0.2, 0.25) is 5.91 Å². The summed E-state index contributed by atoms with van der Waals surface area (Å²) < 4.78 is 0. The highest BCUT2D eigenvalue weighted by molar-refractivity contribution is 7.99. The van der Waals surface area contributed by atoms with Crippen molar-refractivity contribution in [2.24, 2.45) is 0 Å². The van der Waals surface area contributed by atoms with Crippen LogP contribution in [0.4, 0.5) is 0 Å². The molecule has 100 valence electrons. The van der Waals surface area contributed by atoms with Crippen LogP contribution in [0.15, 0.2) is 24.3 Å². The van der Waals surface area contributed by atoms with Crippen LogP contribution in [0.3, 0.4) is 0 Å². The van der Waals surface area contributed by atoms with E-state index < -0.39 is 12.0 Å². The first kappa shape index (κ1) is 15.1. The Kier molecular flexibility index (Phi) is 5.90. The lowest BCUT2D eigenvalue weighted by molar-refractivity contribution is -0.140. The fourth-order valence-electron chi connectivity index (χ4n) is 1.28. The topological polar surface area (TPSA) is 90.2 Å². The zero-order chi connectivity index (χ0) is 14.3. The first-order valence-corrected chi connectivity index (χ1v) is 6.77. The highest BCUT2D eigenvalue weighted by atomic mass is 32.2. The number of hydrogen-bond acceptors (Lipinski definition) is 4. The molecule has 0 aliphatic carbocycles. The minimum atomic E-state index is -1.05. The Morgan fingerprint density at radius 3 is 2.58 bits per heavy atom. The molecule has 1 aromatic rings. The molecule has 19 heavy (non-hydrogen) atoms. The molecule has 0 aliphatic rings. The third-order valence-electron chi connectivity index (χ3n) is 2.33. The van der Waals surface area contributed by atoms with Gasteiger partial charge >= 0.3 is 5.97 Å². The number of rotatable bonds is 6. The van der Waals surface area contributed by atoms with Crippen molar-refractivity contribution in [2.75, 3.05) is 5.75 Å². The number of thioether (sulfide) groups is 1. The molecular formula is C13H14N2O3S. The minimum Gasteiger partial charge on any atom is -0.480 e. The van der Waals surface area contributed by atoms with Crippen molar-refractivity contribution < 1.29 is 14.7 Å². The van der Waals surface area contributed by atoms with Gasteiger partial charge in [0.15, 0.2) is 0 Å². The third kappa shape index (κ3) is 5.44. The molecule has 1 atom stereocenters. The van der Waals surface area contributed by atoms with Crippen molar-refractivity contribution in [2.45, 2.75) is 18.7 Å². The molecule has 1 aromatic carbocycles. The van der Waals surface area contributed by atoms with Gasteiger partial charge in [-0.05, 0) is 24.6 Å². The van der Waals surface area contributed by atoms with Gasteiger partial charge in [0.05, 0.1) is 17.4 Å². The predicted molar refractivity (Wildman–Crippen MR) is 72.6 cm³/mol. The van der Waals surface area contributed by atoms with E-state index in [-0.39, 0.29) is 11.7 Å². The summed E-state index contributed by atoms with van der Waals surface area (Å²) in [5.41, 5.74) is 1.62. The van der Waals surface area contributed by atoms with E-state index in [2.05, 4.69) is 5.32 Å². The Labute approximate surface area is 115 Å². The second-order valence-corrected chi connectivity index (χ2v) is 4.91. The van der Waals surface area contributed by atoms with E-state index >= 15 is 0 Å². The number of carbonyl (C=O) groups is 2. The van der Waals surface area contributed by atoms with Crippen molar-refractivity contribution in [3.63, 3.8) is 0 Å². The van der Waals surface area contributed by atoms with Crippen molar-refractivity contribution in [3.8, 4) is 6.07 Å². The lowest BCUT2D eigenvalue weighted by Crippen LogP contribution is -2.39. The molecule has 0 heterocycles. The second-order valence-electron chi connectivity index (χ2n) is 3.93. The summed E-state index contributed by atoms with van der Waals surface area (Å²) in [4.78, 5) is 22.0. The molecule has 0 saturated carbocycles. The Morgan fingerprint density at radius 2 is 2.05 bits per heavy atom. The molecule has 5 nitrogen and oxygen atoms in total. The van der Waals surface area contributed by atoms with Crippen molar-refractivity contribution >= 4 is 23.6 Å². The van der Waals surface area contributed by atoms with E-state index in [1.165, 1.54) is 18.7 Å². The highest BCUT2D eigenvalue weighted by Gasteiger charge is 2.13. The number of nitrogens with one attached hydrogen (secondary N) is 1. The average molecular weight is 278 g/mol. The van der Waals surface area contributed by atoms with Crippen LogP contribution in [0.1, 0.15) is 18.1 Å². The van der Waals surface area contributed by atoms with E-state index in [1.807, 2.05) is 18.2 Å². The van der Waals surface area contributed by atoms with Gasteiger partial charge in [-0.15, -0.1) is 11.8 Å². The minimum absolute atomic E-state index is 0.206. The van der Waals surface area contributed by atoms with Gasteiger partial charge in [-0.3, -0.25) is 9.59 Å². The Bertz CT molecular complexity index is 494. The monoisotopic (exact) mass is 278 g/mol. The van der Waals surface area contributed by atoms with Crippen LogP contribution < -0.4 is 5.32 Å². The maximum absolute atomic E-state index is 11.4. The van der Waals surface area contributed by atoms with E-state index in [0.717, 1.165) is 5.56 Å². The van der Waals surface area contributed by atoms with Gasteiger partial charge in [-0.1, -0.05) is 12.1 Å². The molecule has 1 rings (SSSR count). The zero-order valence-corrected chi connectivity index (χ0v) is 11.2. The van der Waals surface area contributed by atoms with E-state index in [9.17, 15) is 9.59 Å². The van der Waals surface area contributed by atoms with Gasteiger partial charge in [0, 0.05) is 5.75 Å². The number of aliphatic carboxylic acids is 1. The molecule has 0 saturated heterocycles. The molecule has 0 fully saturated rings. The normalized spacial score (nSPS) is 11.4. The molecule has 0 radical (unpaired) electrons. The number of nitrogens with zero attached hydrogens (tertiary/aromatic N) is 1. The molecule has 6 heteroatoms. The molecule has 0 aliphatic heterocycles. The largest absolute Gasteiger partial charge is 0.480 e. The van der Waals surface area contributed by atoms with Gasteiger partial charge in [0.25, 0.3) is 0 Å². The molecule has 0 aromatic heterocycles. The van der Waals surface area contributed by atoms with Crippen LogP contribution in [0.5, 0.6) is 0 Å². The summed E-state index contributed by atoms with van der Waals surface area (Å²) in [7, 11) is 0. The number of benzene rings is 1. The van der Waals surface area contributed by atoms with Gasteiger partial charge < -0.3 is 10.4 Å². The maximum atomic E-state index is 11.4. The summed E-state index contributed by atoms with van der Waals surface area (Å²) in [5, 5.41) is 19.7. The van der Waals surface area contributed by atoms with Crippen LogP contribution in [-0.2, 0) is 15.3 Å². The summed E-state index contributed by atoms with van der Waals surface area (Å²) in [5.74, 6) is -0.503. The smallest absolute Gasteiger partial charge is 0.325 e. The molecule has 0 spiro atoms. The molecule has 2 N–H and O–H groups in total. The maximum Gasteiger partial charge on any atom is 0.325 e. The van der Waals surface area contributed by atoms with Gasteiger partial charge in [-0.25, -0.2) is 0 Å². The first-order chi connectivity index (χ1) is 9.02. The number of nitriles is 1. The van der Waals surface area contributed by atoms with Crippen molar-refractivity contribution in [3.05, 3.63) is 35.4 Å². The number of hydrogen-bond donors (Lipinski definition) is 2. The SMILES string of the molecule is CC(NC(=O)CSCc1ccc(C#N)cc1)C(=O)O. The number of carbonyl (C=O) groups excluding carboxylic acids is 1. The van der Waals surface area contributed by atoms with Crippen LogP contribution in [0.25, 0.3) is 0 Å².